The number of carbonyl (C=O) groups excluding carboxylic acids is 1. The first kappa shape index (κ1) is 18.6. The van der Waals surface area contributed by atoms with Gasteiger partial charge in [0.05, 0.1) is 36.4 Å². The number of nitrogens with one attached hydrogen (secondary N) is 1. The first-order valence-electron chi connectivity index (χ1n) is 9.08. The predicted molar refractivity (Wildman–Crippen MR) is 106 cm³/mol. The minimum Gasteiger partial charge on any atom is -0.493 e. The van der Waals surface area contributed by atoms with Crippen molar-refractivity contribution in [1.82, 2.24) is 0 Å². The molecule has 1 N–H and O–H groups in total. The zero-order valence-electron chi connectivity index (χ0n) is 16.0. The topological polar surface area (TPSA) is 84.9 Å². The van der Waals surface area contributed by atoms with Crippen molar-refractivity contribution in [2.75, 3.05) is 30.4 Å². The summed E-state index contributed by atoms with van der Waals surface area (Å²) in [5.74, 6) is 0.655. The lowest BCUT2D eigenvalue weighted by Gasteiger charge is -2.26. The molecular formula is C20H22N2O5S. The average Bonchev–Trinajstić information content (AvgIpc) is 2.94. The monoisotopic (exact) mass is 402 g/mol. The number of aryl methyl sites for hydroxylation is 1. The number of carbonyl (C=O) groups is 1. The molecule has 0 radical (unpaired) electrons. The summed E-state index contributed by atoms with van der Waals surface area (Å²) in [6.07, 6.45) is 1.59. The molecule has 2 heterocycles. The van der Waals surface area contributed by atoms with Gasteiger partial charge in [0.2, 0.25) is 5.91 Å². The Hall–Kier alpha value is -2.74. The van der Waals surface area contributed by atoms with Gasteiger partial charge in [-0.25, -0.2) is 8.42 Å². The molecular weight excluding hydrogens is 380 g/mol. The van der Waals surface area contributed by atoms with Gasteiger partial charge in [-0.05, 0) is 55.2 Å². The van der Waals surface area contributed by atoms with Gasteiger partial charge in [-0.2, -0.15) is 0 Å². The third-order valence-corrected chi connectivity index (χ3v) is 6.70. The van der Waals surface area contributed by atoms with Crippen LogP contribution in [-0.4, -0.2) is 35.1 Å². The van der Waals surface area contributed by atoms with E-state index in [-0.39, 0.29) is 16.7 Å². The number of benzene rings is 2. The minimum absolute atomic E-state index is 0.0401. The second-order valence-corrected chi connectivity index (χ2v) is 8.69. The van der Waals surface area contributed by atoms with E-state index < -0.39 is 10.0 Å². The highest BCUT2D eigenvalue weighted by atomic mass is 32.2. The molecule has 2 aliphatic rings. The molecule has 4 rings (SSSR count). The molecule has 148 valence electrons. The Labute approximate surface area is 164 Å². The molecule has 0 saturated heterocycles. The molecule has 8 heteroatoms. The van der Waals surface area contributed by atoms with E-state index in [4.69, 9.17) is 9.47 Å². The van der Waals surface area contributed by atoms with Crippen LogP contribution in [0.25, 0.3) is 0 Å². The number of ether oxygens (including phenoxy) is 2. The minimum atomic E-state index is -3.82. The highest BCUT2D eigenvalue weighted by Crippen LogP contribution is 2.44. The Kier molecular flexibility index (Phi) is 4.45. The molecule has 0 fully saturated rings. The third kappa shape index (κ3) is 2.88. The summed E-state index contributed by atoms with van der Waals surface area (Å²) in [6, 6.07) is 8.13. The second-order valence-electron chi connectivity index (χ2n) is 7.01. The van der Waals surface area contributed by atoms with Crippen LogP contribution in [0.15, 0.2) is 35.2 Å². The maximum Gasteiger partial charge on any atom is 0.261 e. The highest BCUT2D eigenvalue weighted by Gasteiger charge is 2.38. The fourth-order valence-electron chi connectivity index (χ4n) is 3.93. The van der Waals surface area contributed by atoms with Crippen molar-refractivity contribution in [3.05, 3.63) is 41.5 Å². The van der Waals surface area contributed by atoms with Crippen molar-refractivity contribution in [2.24, 2.45) is 0 Å². The molecule has 1 amide bonds. The molecule has 0 saturated carbocycles. The van der Waals surface area contributed by atoms with E-state index in [0.29, 0.717) is 23.7 Å². The van der Waals surface area contributed by atoms with Gasteiger partial charge in [-0.3, -0.25) is 9.52 Å². The van der Waals surface area contributed by atoms with Gasteiger partial charge < -0.3 is 14.4 Å². The number of methoxy groups -OCH3 is 2. The summed E-state index contributed by atoms with van der Waals surface area (Å²) in [7, 11) is -0.814. The van der Waals surface area contributed by atoms with Crippen LogP contribution < -0.4 is 19.1 Å². The van der Waals surface area contributed by atoms with Crippen molar-refractivity contribution in [1.29, 1.82) is 0 Å². The van der Waals surface area contributed by atoms with Gasteiger partial charge in [-0.1, -0.05) is 0 Å². The van der Waals surface area contributed by atoms with E-state index in [0.717, 1.165) is 29.7 Å². The third-order valence-electron chi connectivity index (χ3n) is 5.34. The Balaban J connectivity index is 1.73. The van der Waals surface area contributed by atoms with E-state index in [1.165, 1.54) is 14.2 Å². The van der Waals surface area contributed by atoms with Crippen molar-refractivity contribution in [3.63, 3.8) is 0 Å². The Morgan fingerprint density at radius 3 is 2.57 bits per heavy atom. The summed E-state index contributed by atoms with van der Waals surface area (Å²) in [6.45, 7) is 2.52. The van der Waals surface area contributed by atoms with Crippen LogP contribution >= 0.6 is 0 Å². The van der Waals surface area contributed by atoms with Gasteiger partial charge >= 0.3 is 0 Å². The lowest BCUT2D eigenvalue weighted by molar-refractivity contribution is -0.119. The molecule has 0 spiro atoms. The summed E-state index contributed by atoms with van der Waals surface area (Å²) >= 11 is 0. The van der Waals surface area contributed by atoms with Crippen molar-refractivity contribution < 1.29 is 22.7 Å². The number of hydrogen-bond acceptors (Lipinski definition) is 5. The van der Waals surface area contributed by atoms with Crippen molar-refractivity contribution >= 4 is 27.3 Å². The second kappa shape index (κ2) is 6.70. The Bertz CT molecular complexity index is 1060. The summed E-state index contributed by atoms with van der Waals surface area (Å²) in [5, 5.41) is 0. The molecule has 0 bridgehead atoms. The molecule has 0 aromatic heterocycles. The van der Waals surface area contributed by atoms with E-state index in [2.05, 4.69) is 4.72 Å². The van der Waals surface area contributed by atoms with Crippen LogP contribution in [0.1, 0.15) is 30.4 Å². The lowest BCUT2D eigenvalue weighted by atomic mass is 9.97. The number of rotatable bonds is 5. The molecule has 2 aromatic rings. The molecule has 0 unspecified atom stereocenters. The SMILES string of the molecule is COc1ccc(NS(=O)(=O)c2cc3c4c(c2)[C@@H](C)C(=O)N4CCC3)cc1OC. The standard InChI is InChI=1S/C20H22N2O5S/c1-12-16-11-15(9-13-5-4-8-22(19(13)16)20(12)23)28(24,25)21-14-6-7-17(26-2)18(10-14)27-3/h6-7,9-12,21H,4-5,8H2,1-3H3/t12-/m1/s1. The van der Waals surface area contributed by atoms with Crippen LogP contribution in [0.2, 0.25) is 0 Å². The Morgan fingerprint density at radius 1 is 1.11 bits per heavy atom. The zero-order chi connectivity index (χ0) is 20.1. The van der Waals surface area contributed by atoms with E-state index in [1.807, 2.05) is 6.92 Å². The van der Waals surface area contributed by atoms with Gasteiger partial charge in [0.1, 0.15) is 0 Å². The predicted octanol–water partition coefficient (Wildman–Crippen LogP) is 2.90. The first-order valence-corrected chi connectivity index (χ1v) is 10.6. The maximum absolute atomic E-state index is 13.0. The molecule has 0 aliphatic carbocycles. The Morgan fingerprint density at radius 2 is 1.86 bits per heavy atom. The summed E-state index contributed by atoms with van der Waals surface area (Å²) < 4.78 is 39.1. The first-order chi connectivity index (χ1) is 13.4. The highest BCUT2D eigenvalue weighted by molar-refractivity contribution is 7.92. The molecule has 28 heavy (non-hydrogen) atoms. The van der Waals surface area contributed by atoms with Gasteiger partial charge in [0, 0.05) is 12.6 Å². The van der Waals surface area contributed by atoms with Crippen molar-refractivity contribution in [3.8, 4) is 11.5 Å². The zero-order valence-corrected chi connectivity index (χ0v) is 16.8. The van der Waals surface area contributed by atoms with E-state index in [1.54, 1.807) is 35.2 Å². The van der Waals surface area contributed by atoms with Gasteiger partial charge in [0.15, 0.2) is 11.5 Å². The maximum atomic E-state index is 13.0. The lowest BCUT2D eigenvalue weighted by Crippen LogP contribution is -2.32. The average molecular weight is 402 g/mol. The molecule has 2 aromatic carbocycles. The summed E-state index contributed by atoms with van der Waals surface area (Å²) in [4.78, 5) is 14.5. The number of amides is 1. The molecule has 2 aliphatic heterocycles. The van der Waals surface area contributed by atoms with Crippen LogP contribution in [0.3, 0.4) is 0 Å². The van der Waals surface area contributed by atoms with Crippen LogP contribution in [0.5, 0.6) is 11.5 Å². The van der Waals surface area contributed by atoms with Crippen LogP contribution in [0, 0.1) is 0 Å². The number of nitrogens with zero attached hydrogens (tertiary/aromatic N) is 1. The quantitative estimate of drug-likeness (QED) is 0.831. The fourth-order valence-corrected chi connectivity index (χ4v) is 5.07. The molecule has 7 nitrogen and oxygen atoms in total. The summed E-state index contributed by atoms with van der Waals surface area (Å²) in [5.41, 5.74) is 2.97. The smallest absolute Gasteiger partial charge is 0.261 e. The van der Waals surface area contributed by atoms with E-state index >= 15 is 0 Å². The van der Waals surface area contributed by atoms with Crippen LogP contribution in [0.4, 0.5) is 11.4 Å². The van der Waals surface area contributed by atoms with Gasteiger partial charge in [0.25, 0.3) is 10.0 Å². The normalized spacial score (nSPS) is 18.0. The van der Waals surface area contributed by atoms with Crippen LogP contribution in [-0.2, 0) is 21.2 Å². The van der Waals surface area contributed by atoms with Gasteiger partial charge in [-0.15, -0.1) is 0 Å². The van der Waals surface area contributed by atoms with E-state index in [9.17, 15) is 13.2 Å². The molecule has 1 atom stereocenters. The largest absolute Gasteiger partial charge is 0.493 e. The van der Waals surface area contributed by atoms with Crippen molar-refractivity contribution in [2.45, 2.75) is 30.6 Å². The number of sulfonamides is 1. The fraction of sp³-hybridized carbons (Fsp3) is 0.350. The number of anilines is 2. The number of hydrogen-bond donors (Lipinski definition) is 1.